The highest BCUT2D eigenvalue weighted by atomic mass is 16.2. The minimum absolute atomic E-state index is 0.117. The number of hydrogen-bond acceptors (Lipinski definition) is 3. The molecule has 1 N–H and O–H groups in total. The van der Waals surface area contributed by atoms with Crippen molar-refractivity contribution < 1.29 is 14.4 Å². The molecule has 0 unspecified atom stereocenters. The number of amides is 3. The number of anilines is 2. The summed E-state index contributed by atoms with van der Waals surface area (Å²) >= 11 is 0. The third-order valence-corrected chi connectivity index (χ3v) is 6.15. The second-order valence-electron chi connectivity index (χ2n) is 7.88. The fourth-order valence-corrected chi connectivity index (χ4v) is 4.79. The van der Waals surface area contributed by atoms with Gasteiger partial charge in [0.25, 0.3) is 5.91 Å². The molecule has 5 nitrogen and oxygen atoms in total. The monoisotopic (exact) mass is 372 g/mol. The molecule has 1 heterocycles. The van der Waals surface area contributed by atoms with E-state index in [2.05, 4.69) is 17.5 Å². The maximum absolute atomic E-state index is 13.0. The standard InChI is InChI=1S/C23H20N2O3/c1-13-5-7-14(8-6-13)21(26)24-17-3-2-4-18(12-17)25-22(27)19-15-9-10-16(11-15)20(19)23(25)28/h2-10,12,15-16,19-20H,11H2,1H3,(H,24,26)/t15-,16-,19+,20+/m1/s1. The minimum Gasteiger partial charge on any atom is -0.322 e. The van der Waals surface area contributed by atoms with E-state index in [0.29, 0.717) is 16.9 Å². The molecule has 1 aliphatic heterocycles. The first-order chi connectivity index (χ1) is 13.5. The lowest BCUT2D eigenvalue weighted by Gasteiger charge is -2.18. The Morgan fingerprint density at radius 3 is 2.25 bits per heavy atom. The lowest BCUT2D eigenvalue weighted by atomic mass is 9.85. The Hall–Kier alpha value is -3.21. The molecule has 1 saturated carbocycles. The molecule has 0 spiro atoms. The number of carbonyl (C=O) groups is 3. The Morgan fingerprint density at radius 2 is 1.61 bits per heavy atom. The molecule has 3 aliphatic rings. The van der Waals surface area contributed by atoms with Crippen molar-refractivity contribution >= 4 is 29.1 Å². The quantitative estimate of drug-likeness (QED) is 0.662. The van der Waals surface area contributed by atoms with Gasteiger partial charge < -0.3 is 5.32 Å². The highest BCUT2D eigenvalue weighted by Crippen LogP contribution is 2.53. The van der Waals surface area contributed by atoms with Crippen LogP contribution in [-0.4, -0.2) is 17.7 Å². The van der Waals surface area contributed by atoms with Crippen molar-refractivity contribution in [1.82, 2.24) is 0 Å². The molecule has 1 saturated heterocycles. The van der Waals surface area contributed by atoms with E-state index >= 15 is 0 Å². The summed E-state index contributed by atoms with van der Waals surface area (Å²) in [5.74, 6) is -0.554. The number of fused-ring (bicyclic) bond motifs is 5. The predicted molar refractivity (Wildman–Crippen MR) is 106 cm³/mol. The second kappa shape index (κ2) is 6.16. The van der Waals surface area contributed by atoms with Crippen molar-refractivity contribution in [1.29, 1.82) is 0 Å². The molecule has 28 heavy (non-hydrogen) atoms. The molecule has 5 rings (SSSR count). The van der Waals surface area contributed by atoms with E-state index in [1.54, 1.807) is 36.4 Å². The largest absolute Gasteiger partial charge is 0.322 e. The Labute approximate surface area is 163 Å². The highest BCUT2D eigenvalue weighted by molar-refractivity contribution is 6.23. The van der Waals surface area contributed by atoms with Crippen molar-refractivity contribution in [2.45, 2.75) is 13.3 Å². The Balaban J connectivity index is 1.39. The average Bonchev–Trinajstić information content (AvgIpc) is 3.36. The molecule has 2 bridgehead atoms. The summed E-state index contributed by atoms with van der Waals surface area (Å²) < 4.78 is 0. The van der Waals surface area contributed by atoms with Gasteiger partial charge in [0, 0.05) is 11.3 Å². The van der Waals surface area contributed by atoms with E-state index in [1.165, 1.54) is 4.90 Å². The number of hydrogen-bond donors (Lipinski definition) is 1. The van der Waals surface area contributed by atoms with E-state index in [4.69, 9.17) is 0 Å². The first-order valence-corrected chi connectivity index (χ1v) is 9.57. The molecule has 2 aromatic carbocycles. The van der Waals surface area contributed by atoms with Crippen LogP contribution in [0.3, 0.4) is 0 Å². The zero-order valence-corrected chi connectivity index (χ0v) is 15.5. The molecule has 2 aromatic rings. The third kappa shape index (κ3) is 2.50. The maximum Gasteiger partial charge on any atom is 0.255 e. The minimum atomic E-state index is -0.228. The number of benzene rings is 2. The zero-order chi connectivity index (χ0) is 19.4. The number of nitrogens with zero attached hydrogens (tertiary/aromatic N) is 1. The van der Waals surface area contributed by atoms with Crippen molar-refractivity contribution in [3.05, 3.63) is 71.8 Å². The van der Waals surface area contributed by atoms with Gasteiger partial charge >= 0.3 is 0 Å². The van der Waals surface area contributed by atoms with Crippen molar-refractivity contribution in [3.8, 4) is 0 Å². The number of imide groups is 1. The summed E-state index contributed by atoms with van der Waals surface area (Å²) in [6, 6.07) is 14.3. The molecule has 2 fully saturated rings. The van der Waals surface area contributed by atoms with Gasteiger partial charge in [-0.15, -0.1) is 0 Å². The van der Waals surface area contributed by atoms with Gasteiger partial charge in [-0.3, -0.25) is 14.4 Å². The van der Waals surface area contributed by atoms with Crippen LogP contribution in [0.4, 0.5) is 11.4 Å². The van der Waals surface area contributed by atoms with Gasteiger partial charge in [0.15, 0.2) is 0 Å². The first kappa shape index (κ1) is 16.9. The van der Waals surface area contributed by atoms with Crippen LogP contribution in [0.1, 0.15) is 22.3 Å². The van der Waals surface area contributed by atoms with E-state index in [1.807, 2.05) is 19.1 Å². The van der Waals surface area contributed by atoms with Gasteiger partial charge in [0.2, 0.25) is 11.8 Å². The van der Waals surface area contributed by atoms with Crippen LogP contribution >= 0.6 is 0 Å². The summed E-state index contributed by atoms with van der Waals surface area (Å²) in [6.45, 7) is 1.96. The lowest BCUT2D eigenvalue weighted by molar-refractivity contribution is -0.123. The third-order valence-electron chi connectivity index (χ3n) is 6.15. The van der Waals surface area contributed by atoms with Crippen LogP contribution in [0.25, 0.3) is 0 Å². The van der Waals surface area contributed by atoms with Crippen LogP contribution < -0.4 is 10.2 Å². The number of carbonyl (C=O) groups excluding carboxylic acids is 3. The Kier molecular flexibility index (Phi) is 3.72. The SMILES string of the molecule is Cc1ccc(C(=O)Nc2cccc(N3C(=O)[C@@H]4[C@@H](C3=O)[C@@H]3C=C[C@@H]4C3)c2)cc1. The van der Waals surface area contributed by atoms with Crippen molar-refractivity contribution in [3.63, 3.8) is 0 Å². The highest BCUT2D eigenvalue weighted by Gasteiger charge is 2.59. The van der Waals surface area contributed by atoms with Crippen LogP contribution in [-0.2, 0) is 9.59 Å². The van der Waals surface area contributed by atoms with Crippen LogP contribution in [0.15, 0.2) is 60.7 Å². The van der Waals surface area contributed by atoms with E-state index < -0.39 is 0 Å². The molecule has 5 heteroatoms. The maximum atomic E-state index is 13.0. The summed E-state index contributed by atoms with van der Waals surface area (Å²) in [5, 5.41) is 2.85. The van der Waals surface area contributed by atoms with E-state index in [9.17, 15) is 14.4 Å². The smallest absolute Gasteiger partial charge is 0.255 e. The van der Waals surface area contributed by atoms with E-state index in [-0.39, 0.29) is 41.4 Å². The average molecular weight is 372 g/mol. The lowest BCUT2D eigenvalue weighted by Crippen LogP contribution is -2.32. The van der Waals surface area contributed by atoms with Crippen LogP contribution in [0.2, 0.25) is 0 Å². The molecule has 3 amide bonds. The molecule has 0 aromatic heterocycles. The number of nitrogens with one attached hydrogen (secondary N) is 1. The summed E-state index contributed by atoms with van der Waals surface area (Å²) in [6.07, 6.45) is 5.07. The normalized spacial score (nSPS) is 27.4. The van der Waals surface area contributed by atoms with Crippen molar-refractivity contribution in [2.24, 2.45) is 23.7 Å². The molecular formula is C23H20N2O3. The van der Waals surface area contributed by atoms with Gasteiger partial charge in [-0.2, -0.15) is 0 Å². The molecule has 2 aliphatic carbocycles. The van der Waals surface area contributed by atoms with Crippen LogP contribution in [0.5, 0.6) is 0 Å². The van der Waals surface area contributed by atoms with Gasteiger partial charge in [-0.25, -0.2) is 4.90 Å². The number of aryl methyl sites for hydroxylation is 1. The van der Waals surface area contributed by atoms with E-state index in [0.717, 1.165) is 12.0 Å². The van der Waals surface area contributed by atoms with Gasteiger partial charge in [0.1, 0.15) is 0 Å². The first-order valence-electron chi connectivity index (χ1n) is 9.57. The summed E-state index contributed by atoms with van der Waals surface area (Å²) in [4.78, 5) is 39.7. The predicted octanol–water partition coefficient (Wildman–Crippen LogP) is 3.56. The molecule has 4 atom stereocenters. The van der Waals surface area contributed by atoms with Crippen LogP contribution in [0, 0.1) is 30.6 Å². The number of allylic oxidation sites excluding steroid dienone is 2. The van der Waals surface area contributed by atoms with Gasteiger partial charge in [-0.1, -0.05) is 35.9 Å². The van der Waals surface area contributed by atoms with Gasteiger partial charge in [0.05, 0.1) is 17.5 Å². The second-order valence-corrected chi connectivity index (χ2v) is 7.88. The molecule has 0 radical (unpaired) electrons. The number of rotatable bonds is 3. The molecular weight excluding hydrogens is 352 g/mol. The fourth-order valence-electron chi connectivity index (χ4n) is 4.79. The summed E-state index contributed by atoms with van der Waals surface area (Å²) in [5.41, 5.74) is 2.72. The van der Waals surface area contributed by atoms with Gasteiger partial charge in [-0.05, 0) is 55.5 Å². The van der Waals surface area contributed by atoms with Crippen molar-refractivity contribution in [2.75, 3.05) is 10.2 Å². The fraction of sp³-hybridized carbons (Fsp3) is 0.261. The molecule has 140 valence electrons. The summed E-state index contributed by atoms with van der Waals surface area (Å²) in [7, 11) is 0. The Morgan fingerprint density at radius 1 is 0.964 bits per heavy atom. The Bertz CT molecular complexity index is 994. The topological polar surface area (TPSA) is 66.5 Å². The zero-order valence-electron chi connectivity index (χ0n) is 15.5.